The summed E-state index contributed by atoms with van der Waals surface area (Å²) in [5.74, 6) is -4.00. The molecule has 2 unspecified atom stereocenters. The van der Waals surface area contributed by atoms with Gasteiger partial charge in [0.25, 0.3) is 5.91 Å². The number of fused-ring (bicyclic) bond motifs is 2. The Kier molecular flexibility index (Phi) is 6.98. The maximum atomic E-state index is 13.6. The molecule has 0 saturated heterocycles. The fraction of sp³-hybridized carbons (Fsp3) is 0.458. The zero-order chi connectivity index (χ0) is 25.7. The Bertz CT molecular complexity index is 1240. The molecular weight excluding hydrogens is 504 g/mol. The van der Waals surface area contributed by atoms with Gasteiger partial charge >= 0.3 is 0 Å². The minimum Gasteiger partial charge on any atom is -0.391 e. The summed E-state index contributed by atoms with van der Waals surface area (Å²) in [6.45, 7) is 1.38. The number of hydrogen-bond donors (Lipinski definition) is 4. The predicted molar refractivity (Wildman–Crippen MR) is 125 cm³/mol. The quantitative estimate of drug-likeness (QED) is 0.455. The molecule has 0 aromatic heterocycles. The third kappa shape index (κ3) is 4.58. The molecule has 4 N–H and O–H groups in total. The molecule has 2 bridgehead atoms. The van der Waals surface area contributed by atoms with E-state index in [0.717, 1.165) is 18.2 Å². The summed E-state index contributed by atoms with van der Waals surface area (Å²) in [6.07, 6.45) is -1.39. The summed E-state index contributed by atoms with van der Waals surface area (Å²) in [5.41, 5.74) is -1.62. The highest BCUT2D eigenvalue weighted by atomic mass is 35.5. The lowest BCUT2D eigenvalue weighted by Gasteiger charge is -2.46. The van der Waals surface area contributed by atoms with E-state index in [-0.39, 0.29) is 34.0 Å². The van der Waals surface area contributed by atoms with Gasteiger partial charge in [0.05, 0.1) is 26.9 Å². The first kappa shape index (κ1) is 26.0. The lowest BCUT2D eigenvalue weighted by Crippen LogP contribution is -2.58. The van der Waals surface area contributed by atoms with Crippen LogP contribution in [0.25, 0.3) is 0 Å². The van der Waals surface area contributed by atoms with Gasteiger partial charge in [-0.05, 0) is 74.8 Å². The zero-order valence-corrected chi connectivity index (χ0v) is 20.4. The monoisotopic (exact) mass is 529 g/mol. The Labute approximate surface area is 206 Å². The van der Waals surface area contributed by atoms with E-state index in [2.05, 4.69) is 5.32 Å². The second-order valence-corrected chi connectivity index (χ2v) is 12.0. The molecule has 0 heterocycles. The van der Waals surface area contributed by atoms with Crippen molar-refractivity contribution in [2.24, 2.45) is 11.8 Å². The molecule has 2 aromatic carbocycles. The van der Waals surface area contributed by atoms with Gasteiger partial charge in [-0.3, -0.25) is 4.79 Å². The first-order valence-electron chi connectivity index (χ1n) is 11.2. The number of carbonyl (C=O) groups excluding carboxylic acids is 1. The molecule has 0 aliphatic heterocycles. The third-order valence-electron chi connectivity index (χ3n) is 7.31. The number of aliphatic hydroxyl groups is 3. The number of rotatable bonds is 6. The molecule has 4 atom stereocenters. The number of benzene rings is 2. The first-order valence-corrected chi connectivity index (χ1v) is 13.2. The van der Waals surface area contributed by atoms with E-state index in [1.54, 1.807) is 0 Å². The fourth-order valence-electron chi connectivity index (χ4n) is 5.48. The normalized spacial score (nSPS) is 27.9. The van der Waals surface area contributed by atoms with Crippen LogP contribution in [0.1, 0.15) is 43.0 Å². The summed E-state index contributed by atoms with van der Waals surface area (Å²) < 4.78 is 53.7. The Hall–Kier alpha value is -2.11. The highest BCUT2D eigenvalue weighted by Gasteiger charge is 2.59. The molecule has 2 saturated carbocycles. The van der Waals surface area contributed by atoms with Crippen LogP contribution in [0.3, 0.4) is 0 Å². The van der Waals surface area contributed by atoms with Crippen molar-refractivity contribution < 1.29 is 37.3 Å². The molecule has 0 spiro atoms. The van der Waals surface area contributed by atoms with E-state index in [4.69, 9.17) is 11.6 Å². The molecule has 11 heteroatoms. The van der Waals surface area contributed by atoms with Crippen molar-refractivity contribution in [1.82, 2.24) is 0 Å². The molecule has 2 aliphatic carbocycles. The maximum Gasteiger partial charge on any atom is 0.255 e. The van der Waals surface area contributed by atoms with Crippen LogP contribution in [-0.4, -0.2) is 52.7 Å². The molecule has 0 radical (unpaired) electrons. The van der Waals surface area contributed by atoms with Gasteiger partial charge in [0.2, 0.25) is 0 Å². The lowest BCUT2D eigenvalue weighted by molar-refractivity contribution is -0.172. The van der Waals surface area contributed by atoms with Gasteiger partial charge in [0, 0.05) is 17.3 Å². The SMILES string of the molecule is C[C@@H](O)[C@H](O)C1(O)C2CCC1CC(S(=O)(=O)c1cc(C(=O)Nc3ccc(F)c(F)c3)ccc1Cl)C2. The Balaban J connectivity index is 1.59. The molecule has 190 valence electrons. The number of nitrogens with one attached hydrogen (secondary N) is 1. The van der Waals surface area contributed by atoms with Gasteiger partial charge in [-0.1, -0.05) is 11.6 Å². The Morgan fingerprint density at radius 2 is 1.71 bits per heavy atom. The number of carbonyl (C=O) groups is 1. The van der Waals surface area contributed by atoms with Gasteiger partial charge in [-0.25, -0.2) is 17.2 Å². The molecule has 35 heavy (non-hydrogen) atoms. The second kappa shape index (κ2) is 9.40. The van der Waals surface area contributed by atoms with Crippen molar-refractivity contribution in [3.63, 3.8) is 0 Å². The first-order chi connectivity index (χ1) is 16.4. The Morgan fingerprint density at radius 1 is 1.09 bits per heavy atom. The van der Waals surface area contributed by atoms with Gasteiger partial charge in [-0.15, -0.1) is 0 Å². The average Bonchev–Trinajstić information content (AvgIpc) is 2.97. The summed E-state index contributed by atoms with van der Waals surface area (Å²) >= 11 is 6.21. The van der Waals surface area contributed by atoms with Crippen molar-refractivity contribution in [2.45, 2.75) is 60.6 Å². The number of aliphatic hydroxyl groups excluding tert-OH is 2. The van der Waals surface area contributed by atoms with Crippen molar-refractivity contribution in [2.75, 3.05) is 5.32 Å². The molecule has 1 amide bonds. The third-order valence-corrected chi connectivity index (χ3v) is 9.97. The number of anilines is 1. The smallest absolute Gasteiger partial charge is 0.255 e. The van der Waals surface area contributed by atoms with Crippen LogP contribution >= 0.6 is 11.6 Å². The van der Waals surface area contributed by atoms with Crippen molar-refractivity contribution in [1.29, 1.82) is 0 Å². The summed E-state index contributed by atoms with van der Waals surface area (Å²) in [4.78, 5) is 12.4. The van der Waals surface area contributed by atoms with E-state index in [1.807, 2.05) is 0 Å². The van der Waals surface area contributed by atoms with Gasteiger partial charge < -0.3 is 20.6 Å². The number of hydrogen-bond acceptors (Lipinski definition) is 6. The molecule has 2 aliphatic rings. The van der Waals surface area contributed by atoms with Crippen LogP contribution < -0.4 is 5.32 Å². The van der Waals surface area contributed by atoms with Crippen LogP contribution in [0.4, 0.5) is 14.5 Å². The minimum absolute atomic E-state index is 0.00642. The largest absolute Gasteiger partial charge is 0.391 e. The maximum absolute atomic E-state index is 13.6. The van der Waals surface area contributed by atoms with E-state index in [0.29, 0.717) is 12.8 Å². The van der Waals surface area contributed by atoms with Gasteiger partial charge in [0.1, 0.15) is 6.10 Å². The van der Waals surface area contributed by atoms with E-state index in [9.17, 15) is 37.3 Å². The lowest BCUT2D eigenvalue weighted by atomic mass is 9.70. The van der Waals surface area contributed by atoms with Crippen molar-refractivity contribution in [3.8, 4) is 0 Å². The Morgan fingerprint density at radius 3 is 2.29 bits per heavy atom. The van der Waals surface area contributed by atoms with Crippen LogP contribution in [0.15, 0.2) is 41.3 Å². The number of amides is 1. The van der Waals surface area contributed by atoms with Crippen molar-refractivity contribution in [3.05, 3.63) is 58.6 Å². The van der Waals surface area contributed by atoms with Crippen LogP contribution in [0, 0.1) is 23.5 Å². The van der Waals surface area contributed by atoms with E-state index >= 15 is 0 Å². The van der Waals surface area contributed by atoms with Gasteiger partial charge in [-0.2, -0.15) is 0 Å². The second-order valence-electron chi connectivity index (χ2n) is 9.41. The number of halogens is 3. The highest BCUT2D eigenvalue weighted by molar-refractivity contribution is 7.92. The van der Waals surface area contributed by atoms with Crippen LogP contribution in [0.2, 0.25) is 5.02 Å². The number of sulfone groups is 1. The van der Waals surface area contributed by atoms with E-state index < -0.39 is 62.3 Å². The molecule has 2 aromatic rings. The van der Waals surface area contributed by atoms with Gasteiger partial charge in [0.15, 0.2) is 21.5 Å². The topological polar surface area (TPSA) is 124 Å². The summed E-state index contributed by atoms with van der Waals surface area (Å²) in [7, 11) is -4.03. The van der Waals surface area contributed by atoms with Crippen molar-refractivity contribution >= 4 is 33.0 Å². The fourth-order valence-corrected chi connectivity index (χ4v) is 7.89. The molecular formula is C24H26ClF2NO6S. The zero-order valence-electron chi connectivity index (χ0n) is 18.8. The predicted octanol–water partition coefficient (Wildman–Crippen LogP) is 3.31. The average molecular weight is 530 g/mol. The van der Waals surface area contributed by atoms with Crippen LogP contribution in [0.5, 0.6) is 0 Å². The molecule has 4 rings (SSSR count). The standard InChI is InChI=1S/C24H26ClF2NO6S/c1-12(29)22(30)24(32)14-3-4-15(24)10-17(9-14)35(33,34)21-8-13(2-6-18(21)25)23(31)28-16-5-7-19(26)20(27)11-16/h2,5-8,11-12,14-15,17,22,29-30,32H,3-4,9-10H2,1H3,(H,28,31)/t12-,14?,15?,17?,22+,24?/m1/s1. The minimum atomic E-state index is -4.03. The summed E-state index contributed by atoms with van der Waals surface area (Å²) in [5, 5.41) is 32.9. The summed E-state index contributed by atoms with van der Waals surface area (Å²) in [6, 6.07) is 6.57. The van der Waals surface area contributed by atoms with E-state index in [1.165, 1.54) is 25.1 Å². The highest BCUT2D eigenvalue weighted by Crippen LogP contribution is 2.54. The van der Waals surface area contributed by atoms with Crippen LogP contribution in [-0.2, 0) is 9.84 Å². The molecule has 7 nitrogen and oxygen atoms in total. The molecule has 2 fully saturated rings.